The summed E-state index contributed by atoms with van der Waals surface area (Å²) in [5, 5.41) is 8.84. The normalized spacial score (nSPS) is 10.0. The largest absolute Gasteiger partial charge is 0.368 e. The third-order valence-electron chi connectivity index (χ3n) is 2.76. The van der Waals surface area contributed by atoms with Crippen molar-refractivity contribution in [1.82, 2.24) is 4.98 Å². The van der Waals surface area contributed by atoms with E-state index in [0.717, 1.165) is 5.56 Å². The number of benzene rings is 1. The first-order valence-corrected chi connectivity index (χ1v) is 6.41. The lowest BCUT2D eigenvalue weighted by Gasteiger charge is -2.20. The van der Waals surface area contributed by atoms with Gasteiger partial charge in [-0.05, 0) is 45.8 Å². The maximum atomic E-state index is 14.2. The predicted molar refractivity (Wildman–Crippen MR) is 75.2 cm³/mol. The summed E-state index contributed by atoms with van der Waals surface area (Å²) in [6.45, 7) is 0.567. The summed E-state index contributed by atoms with van der Waals surface area (Å²) in [7, 11) is 1.80. The van der Waals surface area contributed by atoms with E-state index in [4.69, 9.17) is 5.26 Å². The summed E-state index contributed by atoms with van der Waals surface area (Å²) in [6.07, 6.45) is 3.41. The molecule has 2 rings (SSSR count). The van der Waals surface area contributed by atoms with E-state index in [1.54, 1.807) is 36.5 Å². The van der Waals surface area contributed by atoms with Gasteiger partial charge in [-0.2, -0.15) is 5.26 Å². The van der Waals surface area contributed by atoms with E-state index in [-0.39, 0.29) is 4.47 Å². The molecule has 1 aromatic heterocycles. The van der Waals surface area contributed by atoms with Crippen molar-refractivity contribution in [2.75, 3.05) is 11.9 Å². The number of aromatic nitrogens is 1. The Hall–Kier alpha value is -1.93. The quantitative estimate of drug-likeness (QED) is 0.869. The topological polar surface area (TPSA) is 39.9 Å². The standard InChI is InChI=1S/C14H11BrFN3/c1-19(9-10-4-6-18-7-5-10)12-3-2-11(8-17)13(15)14(12)16/h2-7H,9H2,1H3. The highest BCUT2D eigenvalue weighted by atomic mass is 79.9. The van der Waals surface area contributed by atoms with Gasteiger partial charge in [0.2, 0.25) is 0 Å². The fourth-order valence-corrected chi connectivity index (χ4v) is 2.19. The van der Waals surface area contributed by atoms with Gasteiger partial charge in [-0.15, -0.1) is 0 Å². The van der Waals surface area contributed by atoms with Crippen molar-refractivity contribution in [3.8, 4) is 6.07 Å². The third-order valence-corrected chi connectivity index (χ3v) is 3.54. The summed E-state index contributed by atoms with van der Waals surface area (Å²) < 4.78 is 14.4. The lowest BCUT2D eigenvalue weighted by molar-refractivity contribution is 0.615. The molecule has 0 N–H and O–H groups in total. The van der Waals surface area contributed by atoms with Crippen LogP contribution in [0, 0.1) is 17.1 Å². The van der Waals surface area contributed by atoms with E-state index in [2.05, 4.69) is 20.9 Å². The summed E-state index contributed by atoms with van der Waals surface area (Å²) in [4.78, 5) is 5.73. The fraction of sp³-hybridized carbons (Fsp3) is 0.143. The minimum atomic E-state index is -0.421. The second kappa shape index (κ2) is 5.81. The van der Waals surface area contributed by atoms with Gasteiger partial charge < -0.3 is 4.90 Å². The van der Waals surface area contributed by atoms with Crippen LogP contribution in [0.2, 0.25) is 0 Å². The third kappa shape index (κ3) is 2.91. The molecule has 5 heteroatoms. The van der Waals surface area contributed by atoms with Crippen LogP contribution in [0.1, 0.15) is 11.1 Å². The molecule has 3 nitrogen and oxygen atoms in total. The van der Waals surface area contributed by atoms with Crippen molar-refractivity contribution in [2.24, 2.45) is 0 Å². The number of anilines is 1. The molecule has 0 amide bonds. The van der Waals surface area contributed by atoms with Gasteiger partial charge in [0, 0.05) is 26.0 Å². The summed E-state index contributed by atoms with van der Waals surface area (Å²) in [5.74, 6) is -0.421. The number of halogens is 2. The molecule has 0 spiro atoms. The van der Waals surface area contributed by atoms with E-state index < -0.39 is 5.82 Å². The van der Waals surface area contributed by atoms with Crippen molar-refractivity contribution < 1.29 is 4.39 Å². The number of nitrogens with zero attached hydrogens (tertiary/aromatic N) is 3. The highest BCUT2D eigenvalue weighted by Gasteiger charge is 2.14. The van der Waals surface area contributed by atoms with E-state index in [1.165, 1.54) is 0 Å². The van der Waals surface area contributed by atoms with Gasteiger partial charge in [-0.3, -0.25) is 4.98 Å². The molecule has 0 saturated carbocycles. The van der Waals surface area contributed by atoms with Gasteiger partial charge in [0.1, 0.15) is 6.07 Å². The molecule has 0 unspecified atom stereocenters. The van der Waals surface area contributed by atoms with Crippen LogP contribution in [0.5, 0.6) is 0 Å². The Morgan fingerprint density at radius 3 is 2.63 bits per heavy atom. The first kappa shape index (κ1) is 13.5. The van der Waals surface area contributed by atoms with Gasteiger partial charge in [-0.1, -0.05) is 0 Å². The zero-order chi connectivity index (χ0) is 13.8. The Bertz CT molecular complexity index is 623. The molecule has 0 fully saturated rings. The molecule has 19 heavy (non-hydrogen) atoms. The molecule has 0 atom stereocenters. The number of pyridine rings is 1. The van der Waals surface area contributed by atoms with Crippen molar-refractivity contribution in [2.45, 2.75) is 6.54 Å². The smallest absolute Gasteiger partial charge is 0.161 e. The summed E-state index contributed by atoms with van der Waals surface area (Å²) in [5.41, 5.74) is 1.78. The van der Waals surface area contributed by atoms with Crippen molar-refractivity contribution in [3.63, 3.8) is 0 Å². The molecule has 1 aromatic carbocycles. The van der Waals surface area contributed by atoms with E-state index in [0.29, 0.717) is 17.8 Å². The second-order valence-corrected chi connectivity index (χ2v) is 4.88. The van der Waals surface area contributed by atoms with E-state index >= 15 is 0 Å². The highest BCUT2D eigenvalue weighted by molar-refractivity contribution is 9.10. The lowest BCUT2D eigenvalue weighted by Crippen LogP contribution is -2.18. The predicted octanol–water partition coefficient (Wildman–Crippen LogP) is 3.49. The first-order chi connectivity index (χ1) is 9.13. The molecular formula is C14H11BrFN3. The molecule has 0 radical (unpaired) electrons. The molecule has 2 aromatic rings. The van der Waals surface area contributed by atoms with Crippen LogP contribution in [-0.2, 0) is 6.54 Å². The first-order valence-electron chi connectivity index (χ1n) is 5.61. The molecule has 0 aliphatic heterocycles. The Morgan fingerprint density at radius 2 is 2.00 bits per heavy atom. The van der Waals surface area contributed by atoms with Gasteiger partial charge in [-0.25, -0.2) is 4.39 Å². The molecule has 0 bridgehead atoms. The average molecular weight is 320 g/mol. The lowest BCUT2D eigenvalue weighted by atomic mass is 10.2. The summed E-state index contributed by atoms with van der Waals surface area (Å²) in [6, 6.07) is 8.92. The van der Waals surface area contributed by atoms with Crippen LogP contribution in [0.3, 0.4) is 0 Å². The second-order valence-electron chi connectivity index (χ2n) is 4.08. The van der Waals surface area contributed by atoms with Crippen molar-refractivity contribution >= 4 is 21.6 Å². The number of hydrogen-bond acceptors (Lipinski definition) is 3. The maximum absolute atomic E-state index is 14.2. The summed E-state index contributed by atoms with van der Waals surface area (Å²) >= 11 is 3.11. The minimum Gasteiger partial charge on any atom is -0.368 e. The molecule has 0 aliphatic carbocycles. The van der Waals surface area contributed by atoms with Crippen molar-refractivity contribution in [3.05, 3.63) is 58.1 Å². The molecule has 0 aliphatic rings. The zero-order valence-electron chi connectivity index (χ0n) is 10.3. The highest BCUT2D eigenvalue weighted by Crippen LogP contribution is 2.29. The Balaban J connectivity index is 2.28. The average Bonchev–Trinajstić information content (AvgIpc) is 2.42. The van der Waals surface area contributed by atoms with Crippen LogP contribution >= 0.6 is 15.9 Å². The van der Waals surface area contributed by atoms with Crippen LogP contribution in [-0.4, -0.2) is 12.0 Å². The van der Waals surface area contributed by atoms with Gasteiger partial charge in [0.15, 0.2) is 5.82 Å². The molecule has 96 valence electrons. The fourth-order valence-electron chi connectivity index (χ4n) is 1.77. The van der Waals surface area contributed by atoms with Crippen molar-refractivity contribution in [1.29, 1.82) is 5.26 Å². The SMILES string of the molecule is CN(Cc1ccncc1)c1ccc(C#N)c(Br)c1F. The molecular weight excluding hydrogens is 309 g/mol. The van der Waals surface area contributed by atoms with Gasteiger partial charge in [0.05, 0.1) is 15.7 Å². The maximum Gasteiger partial charge on any atom is 0.161 e. The monoisotopic (exact) mass is 319 g/mol. The molecule has 1 heterocycles. The van der Waals surface area contributed by atoms with Crippen LogP contribution in [0.25, 0.3) is 0 Å². The number of hydrogen-bond donors (Lipinski definition) is 0. The number of nitriles is 1. The molecule has 0 saturated heterocycles. The van der Waals surface area contributed by atoms with Gasteiger partial charge in [0.25, 0.3) is 0 Å². The Morgan fingerprint density at radius 1 is 1.32 bits per heavy atom. The van der Waals surface area contributed by atoms with E-state index in [9.17, 15) is 4.39 Å². The van der Waals surface area contributed by atoms with E-state index in [1.807, 2.05) is 18.2 Å². The minimum absolute atomic E-state index is 0.203. The zero-order valence-corrected chi connectivity index (χ0v) is 11.9. The van der Waals surface area contributed by atoms with Crippen LogP contribution < -0.4 is 4.90 Å². The van der Waals surface area contributed by atoms with Crippen LogP contribution in [0.4, 0.5) is 10.1 Å². The van der Waals surface area contributed by atoms with Gasteiger partial charge >= 0.3 is 0 Å². The number of rotatable bonds is 3. The Labute approximate surface area is 119 Å². The van der Waals surface area contributed by atoms with Crippen LogP contribution in [0.15, 0.2) is 41.1 Å². The Kier molecular flexibility index (Phi) is 4.13.